The monoisotopic (exact) mass is 264 g/mol. The summed E-state index contributed by atoms with van der Waals surface area (Å²) >= 11 is 0. The van der Waals surface area contributed by atoms with Crippen LogP contribution in [0.2, 0.25) is 0 Å². The lowest BCUT2D eigenvalue weighted by molar-refractivity contribution is -0.152. The van der Waals surface area contributed by atoms with Crippen LogP contribution in [-0.2, 0) is 9.59 Å². The van der Waals surface area contributed by atoms with Gasteiger partial charge in [0.2, 0.25) is 11.8 Å². The van der Waals surface area contributed by atoms with E-state index in [0.717, 1.165) is 19.3 Å². The van der Waals surface area contributed by atoms with Gasteiger partial charge in [-0.1, -0.05) is 11.6 Å². The third-order valence-electron chi connectivity index (χ3n) is 4.14. The number of amides is 2. The second-order valence-corrected chi connectivity index (χ2v) is 6.15. The van der Waals surface area contributed by atoms with Crippen LogP contribution in [0.5, 0.6) is 0 Å². The summed E-state index contributed by atoms with van der Waals surface area (Å²) in [6.07, 6.45) is 8.03. The van der Waals surface area contributed by atoms with Gasteiger partial charge in [0.1, 0.15) is 11.6 Å². The first-order valence-electron chi connectivity index (χ1n) is 7.23. The molecule has 1 fully saturated rings. The highest BCUT2D eigenvalue weighted by molar-refractivity contribution is 5.99. The number of hydrogen-bond donors (Lipinski definition) is 1. The van der Waals surface area contributed by atoms with E-state index < -0.39 is 5.54 Å². The topological polar surface area (TPSA) is 49.4 Å². The van der Waals surface area contributed by atoms with Crippen molar-refractivity contribution >= 4 is 11.8 Å². The van der Waals surface area contributed by atoms with Gasteiger partial charge in [-0.2, -0.15) is 0 Å². The number of piperazine rings is 1. The molecule has 1 saturated heterocycles. The molecule has 1 atom stereocenters. The summed E-state index contributed by atoms with van der Waals surface area (Å²) in [5.41, 5.74) is 0.667. The van der Waals surface area contributed by atoms with Crippen LogP contribution >= 0.6 is 0 Å². The Labute approximate surface area is 115 Å². The molecule has 2 aliphatic rings. The van der Waals surface area contributed by atoms with Crippen LogP contribution in [0.25, 0.3) is 0 Å². The Hall–Kier alpha value is -1.32. The molecule has 106 valence electrons. The van der Waals surface area contributed by atoms with Gasteiger partial charge < -0.3 is 10.2 Å². The third-order valence-corrected chi connectivity index (χ3v) is 4.14. The van der Waals surface area contributed by atoms with E-state index in [4.69, 9.17) is 0 Å². The Balaban J connectivity index is 2.02. The maximum absolute atomic E-state index is 12.4. The number of hydrogen-bond acceptors (Lipinski definition) is 2. The third kappa shape index (κ3) is 2.99. The van der Waals surface area contributed by atoms with E-state index in [0.29, 0.717) is 6.54 Å². The molecule has 4 heteroatoms. The van der Waals surface area contributed by atoms with E-state index >= 15 is 0 Å². The molecule has 2 rings (SSSR count). The van der Waals surface area contributed by atoms with Crippen LogP contribution in [0.4, 0.5) is 0 Å². The summed E-state index contributed by atoms with van der Waals surface area (Å²) in [6, 6.07) is -0.357. The summed E-state index contributed by atoms with van der Waals surface area (Å²) in [4.78, 5) is 26.0. The summed E-state index contributed by atoms with van der Waals surface area (Å²) in [6.45, 7) is 6.00. The van der Waals surface area contributed by atoms with Gasteiger partial charge in [-0.05, 0) is 52.9 Å². The summed E-state index contributed by atoms with van der Waals surface area (Å²) < 4.78 is 0. The predicted octanol–water partition coefficient (Wildman–Crippen LogP) is 2.00. The van der Waals surface area contributed by atoms with Crippen molar-refractivity contribution in [3.63, 3.8) is 0 Å². The van der Waals surface area contributed by atoms with Crippen LogP contribution < -0.4 is 5.32 Å². The number of allylic oxidation sites excluding steroid dienone is 1. The minimum atomic E-state index is -0.773. The second kappa shape index (κ2) is 5.35. The Morgan fingerprint density at radius 3 is 2.74 bits per heavy atom. The van der Waals surface area contributed by atoms with Gasteiger partial charge in [-0.25, -0.2) is 0 Å². The Kier molecular flexibility index (Phi) is 3.97. The summed E-state index contributed by atoms with van der Waals surface area (Å²) in [5, 5.41) is 2.78. The Morgan fingerprint density at radius 2 is 2.11 bits per heavy atom. The first kappa shape index (κ1) is 14.1. The molecular weight excluding hydrogens is 240 g/mol. The van der Waals surface area contributed by atoms with Crippen molar-refractivity contribution in [2.24, 2.45) is 0 Å². The van der Waals surface area contributed by atoms with E-state index in [1.54, 1.807) is 25.7 Å². The van der Waals surface area contributed by atoms with Crippen molar-refractivity contribution in [1.82, 2.24) is 10.2 Å². The molecule has 0 spiro atoms. The van der Waals surface area contributed by atoms with E-state index in [2.05, 4.69) is 11.4 Å². The average Bonchev–Trinajstić information content (AvgIpc) is 2.37. The molecule has 0 saturated carbocycles. The van der Waals surface area contributed by atoms with Crippen molar-refractivity contribution in [3.05, 3.63) is 11.6 Å². The molecule has 1 aliphatic carbocycles. The lowest BCUT2D eigenvalue weighted by atomic mass is 9.94. The highest BCUT2D eigenvalue weighted by Gasteiger charge is 2.42. The lowest BCUT2D eigenvalue weighted by Crippen LogP contribution is -2.67. The van der Waals surface area contributed by atoms with Gasteiger partial charge in [-0.15, -0.1) is 0 Å². The van der Waals surface area contributed by atoms with E-state index in [-0.39, 0.29) is 17.9 Å². The number of nitrogens with zero attached hydrogens (tertiary/aromatic N) is 1. The Morgan fingerprint density at radius 1 is 1.37 bits per heavy atom. The predicted molar refractivity (Wildman–Crippen MR) is 74.6 cm³/mol. The van der Waals surface area contributed by atoms with Gasteiger partial charge in [0, 0.05) is 6.54 Å². The molecule has 1 heterocycles. The van der Waals surface area contributed by atoms with E-state index in [9.17, 15) is 9.59 Å². The van der Waals surface area contributed by atoms with Crippen molar-refractivity contribution in [2.75, 3.05) is 6.54 Å². The fourth-order valence-corrected chi connectivity index (χ4v) is 2.83. The summed E-state index contributed by atoms with van der Waals surface area (Å²) in [5.74, 6) is -0.0294. The fraction of sp³-hybridized carbons (Fsp3) is 0.733. The summed E-state index contributed by atoms with van der Waals surface area (Å²) in [7, 11) is 0. The van der Waals surface area contributed by atoms with Crippen LogP contribution in [0.15, 0.2) is 11.6 Å². The Bertz CT molecular complexity index is 412. The molecule has 2 amide bonds. The quantitative estimate of drug-likeness (QED) is 0.793. The van der Waals surface area contributed by atoms with Gasteiger partial charge in [0.25, 0.3) is 0 Å². The molecule has 0 aromatic carbocycles. The molecule has 19 heavy (non-hydrogen) atoms. The number of carbonyl (C=O) groups excluding carboxylic acids is 2. The van der Waals surface area contributed by atoms with Crippen molar-refractivity contribution in [2.45, 2.75) is 64.5 Å². The largest absolute Gasteiger partial charge is 0.340 e. The molecule has 4 nitrogen and oxygen atoms in total. The highest BCUT2D eigenvalue weighted by atomic mass is 16.2. The highest BCUT2D eigenvalue weighted by Crippen LogP contribution is 2.23. The minimum Gasteiger partial charge on any atom is -0.340 e. The van der Waals surface area contributed by atoms with Crippen LogP contribution in [0.3, 0.4) is 0 Å². The molecule has 0 bridgehead atoms. The molecule has 1 unspecified atom stereocenters. The van der Waals surface area contributed by atoms with Crippen molar-refractivity contribution in [1.29, 1.82) is 0 Å². The SMILES string of the molecule is CC1C(=O)NC(C)(C)C(=O)N1CCC1=CCCCC1. The first-order valence-corrected chi connectivity index (χ1v) is 7.23. The van der Waals surface area contributed by atoms with Gasteiger partial charge >= 0.3 is 0 Å². The zero-order valence-corrected chi connectivity index (χ0v) is 12.2. The zero-order chi connectivity index (χ0) is 14.0. The van der Waals surface area contributed by atoms with Crippen LogP contribution in [0, 0.1) is 0 Å². The normalized spacial score (nSPS) is 27.0. The van der Waals surface area contributed by atoms with Crippen molar-refractivity contribution < 1.29 is 9.59 Å². The molecule has 0 aromatic rings. The minimum absolute atomic E-state index is 0.0241. The standard InChI is InChI=1S/C15H24N2O2/c1-11-13(18)16-15(2,3)14(19)17(11)10-9-12-7-5-4-6-8-12/h7,11H,4-6,8-10H2,1-3H3,(H,16,18). The smallest absolute Gasteiger partial charge is 0.248 e. The van der Waals surface area contributed by atoms with Crippen molar-refractivity contribution in [3.8, 4) is 0 Å². The maximum atomic E-state index is 12.4. The molecular formula is C15H24N2O2. The second-order valence-electron chi connectivity index (χ2n) is 6.15. The fourth-order valence-electron chi connectivity index (χ4n) is 2.83. The van der Waals surface area contributed by atoms with Gasteiger partial charge in [0.05, 0.1) is 0 Å². The average molecular weight is 264 g/mol. The van der Waals surface area contributed by atoms with Crippen LogP contribution in [-0.4, -0.2) is 34.8 Å². The number of carbonyl (C=O) groups is 2. The van der Waals surface area contributed by atoms with Crippen LogP contribution in [0.1, 0.15) is 52.9 Å². The van der Waals surface area contributed by atoms with Gasteiger partial charge in [-0.3, -0.25) is 9.59 Å². The molecule has 0 radical (unpaired) electrons. The maximum Gasteiger partial charge on any atom is 0.248 e. The first-order chi connectivity index (χ1) is 8.92. The molecule has 0 aromatic heterocycles. The molecule has 1 aliphatic heterocycles. The number of nitrogens with one attached hydrogen (secondary N) is 1. The number of rotatable bonds is 3. The zero-order valence-electron chi connectivity index (χ0n) is 12.2. The van der Waals surface area contributed by atoms with E-state index in [1.165, 1.54) is 18.4 Å². The van der Waals surface area contributed by atoms with E-state index in [1.807, 2.05) is 0 Å². The van der Waals surface area contributed by atoms with Gasteiger partial charge in [0.15, 0.2) is 0 Å². The molecule has 1 N–H and O–H groups in total. The lowest BCUT2D eigenvalue weighted by Gasteiger charge is -2.41.